The van der Waals surface area contributed by atoms with Crippen molar-refractivity contribution < 1.29 is 18.8 Å². The summed E-state index contributed by atoms with van der Waals surface area (Å²) in [6.45, 7) is 1.98. The second-order valence-electron chi connectivity index (χ2n) is 6.15. The molecule has 0 aliphatic carbocycles. The highest BCUT2D eigenvalue weighted by Crippen LogP contribution is 2.24. The molecule has 3 rings (SSSR count). The molecule has 0 radical (unpaired) electrons. The van der Waals surface area contributed by atoms with E-state index in [9.17, 15) is 18.8 Å². The van der Waals surface area contributed by atoms with Gasteiger partial charge in [0.25, 0.3) is 11.8 Å². The topological polar surface area (TPSA) is 66.5 Å². The predicted molar refractivity (Wildman–Crippen MR) is 101 cm³/mol. The molecule has 27 heavy (non-hydrogen) atoms. The quantitative estimate of drug-likeness (QED) is 0.451. The van der Waals surface area contributed by atoms with Crippen LogP contribution in [0.2, 0.25) is 0 Å². The fourth-order valence-corrected chi connectivity index (χ4v) is 3.68. The van der Waals surface area contributed by atoms with E-state index in [-0.39, 0.29) is 11.7 Å². The van der Waals surface area contributed by atoms with Gasteiger partial charge in [0.05, 0.1) is 11.1 Å². The lowest BCUT2D eigenvalue weighted by Crippen LogP contribution is -2.48. The second-order valence-corrected chi connectivity index (χ2v) is 7.32. The van der Waals surface area contributed by atoms with Crippen LogP contribution in [0.3, 0.4) is 0 Å². The zero-order valence-corrected chi connectivity index (χ0v) is 15.6. The van der Waals surface area contributed by atoms with Gasteiger partial charge < -0.3 is 5.32 Å². The third-order valence-corrected chi connectivity index (χ3v) is 5.39. The molecule has 0 spiro atoms. The third kappa shape index (κ3) is 4.19. The molecule has 1 aliphatic heterocycles. The van der Waals surface area contributed by atoms with Crippen LogP contribution in [-0.4, -0.2) is 41.0 Å². The largest absolute Gasteiger partial charge is 0.354 e. The predicted octanol–water partition coefficient (Wildman–Crippen LogP) is 3.11. The lowest BCUT2D eigenvalue weighted by Gasteiger charge is -2.21. The van der Waals surface area contributed by atoms with Crippen molar-refractivity contribution in [1.82, 2.24) is 10.2 Å². The zero-order valence-electron chi connectivity index (χ0n) is 14.8. The van der Waals surface area contributed by atoms with Gasteiger partial charge in [-0.3, -0.25) is 19.3 Å². The van der Waals surface area contributed by atoms with E-state index in [4.69, 9.17) is 0 Å². The number of benzene rings is 2. The van der Waals surface area contributed by atoms with Crippen molar-refractivity contribution in [1.29, 1.82) is 0 Å². The normalized spacial score (nSPS) is 14.2. The van der Waals surface area contributed by atoms with Crippen molar-refractivity contribution >= 4 is 29.5 Å². The first-order valence-electron chi connectivity index (χ1n) is 8.62. The number of nitrogens with zero attached hydrogens (tertiary/aromatic N) is 1. The first kappa shape index (κ1) is 19.1. The van der Waals surface area contributed by atoms with Crippen LogP contribution in [0.25, 0.3) is 0 Å². The minimum Gasteiger partial charge on any atom is -0.354 e. The van der Waals surface area contributed by atoms with Crippen molar-refractivity contribution in [3.8, 4) is 0 Å². The van der Waals surface area contributed by atoms with Gasteiger partial charge in [-0.15, -0.1) is 11.8 Å². The van der Waals surface area contributed by atoms with E-state index in [0.717, 1.165) is 15.5 Å². The van der Waals surface area contributed by atoms with Gasteiger partial charge in [-0.05, 0) is 55.5 Å². The molecular weight excluding hydrogens is 367 g/mol. The van der Waals surface area contributed by atoms with Crippen LogP contribution in [-0.2, 0) is 4.79 Å². The van der Waals surface area contributed by atoms with Gasteiger partial charge in [-0.2, -0.15) is 0 Å². The molecule has 0 saturated heterocycles. The summed E-state index contributed by atoms with van der Waals surface area (Å²) in [6, 6.07) is 11.9. The van der Waals surface area contributed by atoms with E-state index < -0.39 is 17.9 Å². The number of carbonyl (C=O) groups excluding carboxylic acids is 3. The summed E-state index contributed by atoms with van der Waals surface area (Å²) >= 11 is 1.57. The van der Waals surface area contributed by atoms with E-state index in [0.29, 0.717) is 24.1 Å². The molecule has 0 aromatic heterocycles. The maximum atomic E-state index is 12.9. The highest BCUT2D eigenvalue weighted by Gasteiger charge is 2.40. The highest BCUT2D eigenvalue weighted by atomic mass is 32.2. The van der Waals surface area contributed by atoms with Crippen LogP contribution in [0, 0.1) is 5.82 Å². The molecule has 2 aromatic rings. The maximum absolute atomic E-state index is 12.9. The Kier molecular flexibility index (Phi) is 5.91. The van der Waals surface area contributed by atoms with Crippen molar-refractivity contribution in [3.05, 3.63) is 65.5 Å². The number of imide groups is 1. The van der Waals surface area contributed by atoms with Crippen LogP contribution in [0.15, 0.2) is 53.4 Å². The van der Waals surface area contributed by atoms with Crippen LogP contribution in [0.4, 0.5) is 4.39 Å². The Labute approximate surface area is 160 Å². The molecule has 1 N–H and O–H groups in total. The minimum absolute atomic E-state index is 0.270. The van der Waals surface area contributed by atoms with Crippen molar-refractivity contribution in [2.75, 3.05) is 12.3 Å². The Balaban J connectivity index is 1.46. The second kappa shape index (κ2) is 8.35. The smallest absolute Gasteiger partial charge is 0.262 e. The average Bonchev–Trinajstić information content (AvgIpc) is 2.93. The fourth-order valence-electron chi connectivity index (χ4n) is 2.83. The van der Waals surface area contributed by atoms with Gasteiger partial charge in [0, 0.05) is 11.4 Å². The SMILES string of the molecule is CC(C(=O)NCCCSc1ccc(F)cc1)N1C(=O)c2ccccc2C1=O. The van der Waals surface area contributed by atoms with Crippen LogP contribution in [0.5, 0.6) is 0 Å². The Hall–Kier alpha value is -2.67. The number of thioether (sulfide) groups is 1. The summed E-state index contributed by atoms with van der Waals surface area (Å²) in [7, 11) is 0. The molecule has 140 valence electrons. The van der Waals surface area contributed by atoms with Gasteiger partial charge in [0.2, 0.25) is 5.91 Å². The van der Waals surface area contributed by atoms with Gasteiger partial charge >= 0.3 is 0 Å². The van der Waals surface area contributed by atoms with Crippen molar-refractivity contribution in [3.63, 3.8) is 0 Å². The van der Waals surface area contributed by atoms with Crippen molar-refractivity contribution in [2.24, 2.45) is 0 Å². The molecule has 0 bridgehead atoms. The highest BCUT2D eigenvalue weighted by molar-refractivity contribution is 7.99. The summed E-state index contributed by atoms with van der Waals surface area (Å²) in [5.74, 6) is -0.756. The first-order valence-corrected chi connectivity index (χ1v) is 9.60. The molecule has 1 atom stereocenters. The average molecular weight is 386 g/mol. The number of amides is 3. The molecule has 1 aliphatic rings. The fraction of sp³-hybridized carbons (Fsp3) is 0.250. The summed E-state index contributed by atoms with van der Waals surface area (Å²) in [6.07, 6.45) is 0.711. The molecule has 0 fully saturated rings. The van der Waals surface area contributed by atoms with E-state index in [1.807, 2.05) is 0 Å². The van der Waals surface area contributed by atoms with E-state index >= 15 is 0 Å². The summed E-state index contributed by atoms with van der Waals surface area (Å²) in [5.41, 5.74) is 0.663. The Bertz CT molecular complexity index is 835. The van der Waals surface area contributed by atoms with Gasteiger partial charge in [-0.1, -0.05) is 12.1 Å². The maximum Gasteiger partial charge on any atom is 0.262 e. The molecule has 7 heteroatoms. The molecule has 1 heterocycles. The molecule has 3 amide bonds. The lowest BCUT2D eigenvalue weighted by atomic mass is 10.1. The standard InChI is InChI=1S/C20H19FN2O3S/c1-13(23-19(25)16-5-2-3-6-17(16)20(23)26)18(24)22-11-4-12-27-15-9-7-14(21)8-10-15/h2-3,5-10,13H,4,11-12H2,1H3,(H,22,24). The monoisotopic (exact) mass is 386 g/mol. The van der Waals surface area contributed by atoms with E-state index in [2.05, 4.69) is 5.32 Å². The third-order valence-electron chi connectivity index (χ3n) is 4.29. The number of hydrogen-bond acceptors (Lipinski definition) is 4. The molecular formula is C20H19FN2O3S. The minimum atomic E-state index is -0.873. The Morgan fingerprint density at radius 3 is 2.26 bits per heavy atom. The number of nitrogens with one attached hydrogen (secondary N) is 1. The zero-order chi connectivity index (χ0) is 19.4. The molecule has 2 aromatic carbocycles. The number of halogens is 1. The Morgan fingerprint density at radius 1 is 1.07 bits per heavy atom. The van der Waals surface area contributed by atoms with Gasteiger partial charge in [-0.25, -0.2) is 4.39 Å². The summed E-state index contributed by atoms with van der Waals surface area (Å²) < 4.78 is 12.9. The number of carbonyl (C=O) groups is 3. The number of rotatable bonds is 7. The molecule has 0 saturated carbocycles. The Morgan fingerprint density at radius 2 is 1.67 bits per heavy atom. The van der Waals surface area contributed by atoms with Crippen LogP contribution >= 0.6 is 11.8 Å². The summed E-state index contributed by atoms with van der Waals surface area (Å²) in [5, 5.41) is 2.76. The van der Waals surface area contributed by atoms with Gasteiger partial charge in [0.1, 0.15) is 11.9 Å². The number of fused-ring (bicyclic) bond motifs is 1. The molecule has 1 unspecified atom stereocenters. The van der Waals surface area contributed by atoms with Crippen LogP contribution in [0.1, 0.15) is 34.1 Å². The first-order chi connectivity index (χ1) is 13.0. The van der Waals surface area contributed by atoms with E-state index in [1.165, 1.54) is 12.1 Å². The van der Waals surface area contributed by atoms with Gasteiger partial charge in [0.15, 0.2) is 0 Å². The summed E-state index contributed by atoms with van der Waals surface area (Å²) in [4.78, 5) is 39.1. The van der Waals surface area contributed by atoms with Crippen molar-refractivity contribution in [2.45, 2.75) is 24.3 Å². The van der Waals surface area contributed by atoms with E-state index in [1.54, 1.807) is 55.1 Å². The molecule has 5 nitrogen and oxygen atoms in total. The van der Waals surface area contributed by atoms with Crippen LogP contribution < -0.4 is 5.32 Å². The number of hydrogen-bond donors (Lipinski definition) is 1. The lowest BCUT2D eigenvalue weighted by molar-refractivity contribution is -0.124.